The lowest BCUT2D eigenvalue weighted by Gasteiger charge is -2.15. The highest BCUT2D eigenvalue weighted by Crippen LogP contribution is 2.19. The largest absolute Gasteiger partial charge is 0.497 e. The van der Waals surface area contributed by atoms with Crippen LogP contribution in [0.2, 0.25) is 5.02 Å². The van der Waals surface area contributed by atoms with Crippen molar-refractivity contribution in [3.63, 3.8) is 0 Å². The van der Waals surface area contributed by atoms with Gasteiger partial charge in [0, 0.05) is 12.6 Å². The molecular weight excluding hydrogens is 277 g/mol. The Morgan fingerprint density at radius 3 is 2.50 bits per heavy atom. The summed E-state index contributed by atoms with van der Waals surface area (Å²) >= 11 is 5.66. The fourth-order valence-corrected chi connectivity index (χ4v) is 2.05. The third kappa shape index (κ3) is 3.71. The quantitative estimate of drug-likeness (QED) is 0.885. The summed E-state index contributed by atoms with van der Waals surface area (Å²) in [5, 5.41) is 3.50. The second-order valence-electron chi connectivity index (χ2n) is 4.62. The van der Waals surface area contributed by atoms with E-state index in [-0.39, 0.29) is 16.9 Å². The molecule has 1 atom stereocenters. The van der Waals surface area contributed by atoms with Crippen LogP contribution in [-0.4, -0.2) is 7.11 Å². The molecule has 0 bridgehead atoms. The number of ether oxygens (including phenoxy) is 1. The van der Waals surface area contributed by atoms with Crippen molar-refractivity contribution >= 4 is 11.6 Å². The van der Waals surface area contributed by atoms with Crippen LogP contribution in [0.4, 0.5) is 4.39 Å². The molecule has 0 saturated heterocycles. The first-order valence-electron chi connectivity index (χ1n) is 6.41. The standard InChI is InChI=1S/C16H17ClFNO/c1-11(13-4-6-14(20-2)7-5-13)19-10-12-3-8-15(17)16(18)9-12/h3-9,11,19H,10H2,1-2H3/t11-/m0/s1. The minimum Gasteiger partial charge on any atom is -0.497 e. The molecule has 0 amide bonds. The van der Waals surface area contributed by atoms with E-state index in [4.69, 9.17) is 16.3 Å². The van der Waals surface area contributed by atoms with Crippen molar-refractivity contribution in [3.8, 4) is 5.75 Å². The molecule has 0 radical (unpaired) electrons. The normalized spacial score (nSPS) is 12.2. The fraction of sp³-hybridized carbons (Fsp3) is 0.250. The molecule has 2 aromatic carbocycles. The molecule has 0 aliphatic carbocycles. The van der Waals surface area contributed by atoms with Gasteiger partial charge in [-0.3, -0.25) is 0 Å². The van der Waals surface area contributed by atoms with Crippen molar-refractivity contribution in [1.82, 2.24) is 5.32 Å². The van der Waals surface area contributed by atoms with E-state index in [1.807, 2.05) is 30.3 Å². The zero-order valence-corrected chi connectivity index (χ0v) is 12.2. The highest BCUT2D eigenvalue weighted by atomic mass is 35.5. The van der Waals surface area contributed by atoms with Gasteiger partial charge in [-0.15, -0.1) is 0 Å². The van der Waals surface area contributed by atoms with Gasteiger partial charge in [0.2, 0.25) is 0 Å². The minimum absolute atomic E-state index is 0.150. The molecule has 0 saturated carbocycles. The van der Waals surface area contributed by atoms with Gasteiger partial charge < -0.3 is 10.1 Å². The Bertz CT molecular complexity index is 571. The summed E-state index contributed by atoms with van der Waals surface area (Å²) in [7, 11) is 1.64. The lowest BCUT2D eigenvalue weighted by molar-refractivity contribution is 0.414. The Hall–Kier alpha value is -1.58. The van der Waals surface area contributed by atoms with E-state index in [2.05, 4.69) is 12.2 Å². The average molecular weight is 294 g/mol. The van der Waals surface area contributed by atoms with Gasteiger partial charge in [0.15, 0.2) is 0 Å². The number of nitrogens with one attached hydrogen (secondary N) is 1. The number of benzene rings is 2. The van der Waals surface area contributed by atoms with Crippen molar-refractivity contribution < 1.29 is 9.13 Å². The van der Waals surface area contributed by atoms with Crippen molar-refractivity contribution in [2.45, 2.75) is 19.5 Å². The molecule has 20 heavy (non-hydrogen) atoms. The van der Waals surface area contributed by atoms with E-state index in [1.54, 1.807) is 13.2 Å². The van der Waals surface area contributed by atoms with Crippen LogP contribution in [0, 0.1) is 5.82 Å². The van der Waals surface area contributed by atoms with Gasteiger partial charge in [0.05, 0.1) is 12.1 Å². The molecule has 1 N–H and O–H groups in total. The van der Waals surface area contributed by atoms with E-state index in [0.717, 1.165) is 16.9 Å². The first kappa shape index (κ1) is 14.8. The third-order valence-corrected chi connectivity index (χ3v) is 3.52. The highest BCUT2D eigenvalue weighted by Gasteiger charge is 2.06. The Balaban J connectivity index is 1.96. The monoisotopic (exact) mass is 293 g/mol. The van der Waals surface area contributed by atoms with E-state index in [1.165, 1.54) is 6.07 Å². The molecule has 106 valence electrons. The number of methoxy groups -OCH3 is 1. The van der Waals surface area contributed by atoms with Crippen LogP contribution < -0.4 is 10.1 Å². The summed E-state index contributed by atoms with van der Waals surface area (Å²) in [6.45, 7) is 2.65. The van der Waals surface area contributed by atoms with Gasteiger partial charge >= 0.3 is 0 Å². The molecule has 0 aliphatic rings. The summed E-state index contributed by atoms with van der Waals surface area (Å²) in [5.41, 5.74) is 2.02. The van der Waals surface area contributed by atoms with Crippen molar-refractivity contribution in [2.75, 3.05) is 7.11 Å². The highest BCUT2D eigenvalue weighted by molar-refractivity contribution is 6.30. The summed E-state index contributed by atoms with van der Waals surface area (Å²) in [5.74, 6) is 0.448. The molecule has 2 rings (SSSR count). The molecule has 0 aliphatic heterocycles. The SMILES string of the molecule is COc1ccc([C@H](C)NCc2ccc(Cl)c(F)c2)cc1. The van der Waals surface area contributed by atoms with Crippen LogP contribution >= 0.6 is 11.6 Å². The van der Waals surface area contributed by atoms with Gasteiger partial charge in [-0.25, -0.2) is 4.39 Å². The van der Waals surface area contributed by atoms with Crippen molar-refractivity contribution in [3.05, 3.63) is 64.4 Å². The maximum atomic E-state index is 13.3. The maximum absolute atomic E-state index is 13.3. The molecule has 0 unspecified atom stereocenters. The van der Waals surface area contributed by atoms with E-state index >= 15 is 0 Å². The topological polar surface area (TPSA) is 21.3 Å². The predicted molar refractivity (Wildman–Crippen MR) is 79.7 cm³/mol. The average Bonchev–Trinajstić information content (AvgIpc) is 2.48. The van der Waals surface area contributed by atoms with Crippen molar-refractivity contribution in [1.29, 1.82) is 0 Å². The lowest BCUT2D eigenvalue weighted by Crippen LogP contribution is -2.18. The van der Waals surface area contributed by atoms with Crippen LogP contribution in [0.5, 0.6) is 5.75 Å². The Labute approximate surface area is 123 Å². The number of halogens is 2. The molecular formula is C16H17ClFNO. The van der Waals surface area contributed by atoms with Gasteiger partial charge in [-0.1, -0.05) is 29.8 Å². The number of rotatable bonds is 5. The van der Waals surface area contributed by atoms with Gasteiger partial charge in [0.25, 0.3) is 0 Å². The van der Waals surface area contributed by atoms with Crippen LogP contribution in [-0.2, 0) is 6.54 Å². The smallest absolute Gasteiger partial charge is 0.142 e. The first-order valence-corrected chi connectivity index (χ1v) is 6.79. The summed E-state index contributed by atoms with van der Waals surface area (Å²) in [6, 6.07) is 12.9. The summed E-state index contributed by atoms with van der Waals surface area (Å²) < 4.78 is 18.5. The zero-order chi connectivity index (χ0) is 14.5. The molecule has 0 heterocycles. The zero-order valence-electron chi connectivity index (χ0n) is 11.5. The maximum Gasteiger partial charge on any atom is 0.142 e. The third-order valence-electron chi connectivity index (χ3n) is 3.21. The number of hydrogen-bond donors (Lipinski definition) is 1. The number of hydrogen-bond acceptors (Lipinski definition) is 2. The van der Waals surface area contributed by atoms with E-state index in [9.17, 15) is 4.39 Å². The Kier molecular flexibility index (Phi) is 4.99. The van der Waals surface area contributed by atoms with Crippen LogP contribution in [0.1, 0.15) is 24.1 Å². The van der Waals surface area contributed by atoms with Crippen LogP contribution in [0.25, 0.3) is 0 Å². The molecule has 0 spiro atoms. The van der Waals surface area contributed by atoms with Crippen molar-refractivity contribution in [2.24, 2.45) is 0 Å². The first-order chi connectivity index (χ1) is 9.60. The Morgan fingerprint density at radius 1 is 1.20 bits per heavy atom. The van der Waals surface area contributed by atoms with Gasteiger partial charge in [-0.05, 0) is 42.3 Å². The van der Waals surface area contributed by atoms with E-state index < -0.39 is 0 Å². The van der Waals surface area contributed by atoms with Crippen LogP contribution in [0.15, 0.2) is 42.5 Å². The molecule has 0 aromatic heterocycles. The fourth-order valence-electron chi connectivity index (χ4n) is 1.93. The summed E-state index contributed by atoms with van der Waals surface area (Å²) in [4.78, 5) is 0. The predicted octanol–water partition coefficient (Wildman–Crippen LogP) is 4.34. The second kappa shape index (κ2) is 6.73. The molecule has 0 fully saturated rings. The van der Waals surface area contributed by atoms with Gasteiger partial charge in [-0.2, -0.15) is 0 Å². The van der Waals surface area contributed by atoms with E-state index in [0.29, 0.717) is 6.54 Å². The molecule has 4 heteroatoms. The Morgan fingerprint density at radius 2 is 1.90 bits per heavy atom. The summed E-state index contributed by atoms with van der Waals surface area (Å²) in [6.07, 6.45) is 0. The second-order valence-corrected chi connectivity index (χ2v) is 5.03. The van der Waals surface area contributed by atoms with Crippen LogP contribution in [0.3, 0.4) is 0 Å². The lowest BCUT2D eigenvalue weighted by atomic mass is 10.1. The minimum atomic E-state index is -0.386. The molecule has 2 nitrogen and oxygen atoms in total. The molecule has 2 aromatic rings. The van der Waals surface area contributed by atoms with Gasteiger partial charge in [0.1, 0.15) is 11.6 Å².